The van der Waals surface area contributed by atoms with Gasteiger partial charge in [0.25, 0.3) is 15.9 Å². The molecule has 0 spiro atoms. The fourth-order valence-electron chi connectivity index (χ4n) is 2.26. The highest BCUT2D eigenvalue weighted by molar-refractivity contribution is 7.90. The molecule has 2 aromatic carbocycles. The van der Waals surface area contributed by atoms with Crippen molar-refractivity contribution in [2.75, 3.05) is 17.2 Å². The number of nitrogens with one attached hydrogen (secondary N) is 3. The Morgan fingerprint density at radius 2 is 1.88 bits per heavy atom. The van der Waals surface area contributed by atoms with E-state index in [2.05, 4.69) is 10.6 Å². The summed E-state index contributed by atoms with van der Waals surface area (Å²) in [6, 6.07) is 9.90. The van der Waals surface area contributed by atoms with Crippen LogP contribution in [0.4, 0.5) is 16.2 Å². The summed E-state index contributed by atoms with van der Waals surface area (Å²) in [4.78, 5) is 23.4. The van der Waals surface area contributed by atoms with Crippen LogP contribution in [-0.4, -0.2) is 27.0 Å². The number of anilines is 2. The van der Waals surface area contributed by atoms with E-state index < -0.39 is 16.1 Å². The highest BCUT2D eigenvalue weighted by Gasteiger charge is 2.22. The summed E-state index contributed by atoms with van der Waals surface area (Å²) in [6.45, 7) is 1.64. The number of sulfonamides is 1. The fraction of sp³-hybridized carbons (Fsp3) is 0.125. The number of hydrogen-bond donors (Lipinski definition) is 3. The van der Waals surface area contributed by atoms with Crippen molar-refractivity contribution >= 4 is 33.3 Å². The third kappa shape index (κ3) is 3.72. The van der Waals surface area contributed by atoms with Crippen LogP contribution in [0, 0.1) is 6.92 Å². The molecule has 25 heavy (non-hydrogen) atoms. The van der Waals surface area contributed by atoms with Crippen molar-refractivity contribution in [1.82, 2.24) is 4.72 Å². The molecule has 0 saturated carbocycles. The molecule has 0 fully saturated rings. The number of hydrogen-bond acceptors (Lipinski definition) is 5. The van der Waals surface area contributed by atoms with Crippen LogP contribution in [0.15, 0.2) is 47.4 Å². The lowest BCUT2D eigenvalue weighted by molar-refractivity contribution is -0.118. The summed E-state index contributed by atoms with van der Waals surface area (Å²) in [5, 5.41) is 5.02. The van der Waals surface area contributed by atoms with Gasteiger partial charge in [-0.1, -0.05) is 23.8 Å². The number of carbonyl (C=O) groups is 2. The highest BCUT2D eigenvalue weighted by atomic mass is 32.2. The Morgan fingerprint density at radius 1 is 1.16 bits per heavy atom. The third-order valence-corrected chi connectivity index (χ3v) is 4.79. The van der Waals surface area contributed by atoms with Gasteiger partial charge in [-0.05, 0) is 31.2 Å². The SMILES string of the molecule is Cc1ccc(S(=O)(=O)NC(=O)Nc2cccc3c2OCC(=O)N3)cc1. The van der Waals surface area contributed by atoms with E-state index in [1.807, 2.05) is 11.6 Å². The zero-order valence-electron chi connectivity index (χ0n) is 13.2. The second kappa shape index (κ2) is 6.44. The van der Waals surface area contributed by atoms with Crippen molar-refractivity contribution in [3.05, 3.63) is 48.0 Å². The largest absolute Gasteiger partial charge is 0.479 e. The Morgan fingerprint density at radius 3 is 2.60 bits per heavy atom. The molecule has 3 rings (SSSR count). The van der Waals surface area contributed by atoms with E-state index >= 15 is 0 Å². The molecule has 0 atom stereocenters. The van der Waals surface area contributed by atoms with E-state index in [1.54, 1.807) is 24.3 Å². The van der Waals surface area contributed by atoms with Crippen LogP contribution in [-0.2, 0) is 14.8 Å². The maximum Gasteiger partial charge on any atom is 0.333 e. The lowest BCUT2D eigenvalue weighted by Crippen LogP contribution is -2.35. The van der Waals surface area contributed by atoms with Gasteiger partial charge in [-0.25, -0.2) is 17.9 Å². The third-order valence-electron chi connectivity index (χ3n) is 3.44. The normalized spacial score (nSPS) is 13.2. The van der Waals surface area contributed by atoms with Crippen LogP contribution in [0.25, 0.3) is 0 Å². The van der Waals surface area contributed by atoms with Gasteiger partial charge < -0.3 is 15.4 Å². The van der Waals surface area contributed by atoms with Gasteiger partial charge in [0.15, 0.2) is 12.4 Å². The van der Waals surface area contributed by atoms with Gasteiger partial charge >= 0.3 is 6.03 Å². The van der Waals surface area contributed by atoms with Crippen molar-refractivity contribution < 1.29 is 22.7 Å². The fourth-order valence-corrected chi connectivity index (χ4v) is 3.17. The molecular weight excluding hydrogens is 346 g/mol. The monoisotopic (exact) mass is 361 g/mol. The summed E-state index contributed by atoms with van der Waals surface area (Å²) in [5.74, 6) is -0.0407. The number of aryl methyl sites for hydroxylation is 1. The van der Waals surface area contributed by atoms with Gasteiger partial charge in [0.1, 0.15) is 0 Å². The predicted octanol–water partition coefficient (Wildman–Crippen LogP) is 1.84. The molecule has 1 aliphatic heterocycles. The first kappa shape index (κ1) is 16.8. The molecule has 0 aliphatic carbocycles. The summed E-state index contributed by atoms with van der Waals surface area (Å²) in [7, 11) is -4.00. The molecule has 9 heteroatoms. The second-order valence-electron chi connectivity index (χ2n) is 5.39. The van der Waals surface area contributed by atoms with Crippen LogP contribution < -0.4 is 20.1 Å². The number of benzene rings is 2. The van der Waals surface area contributed by atoms with Gasteiger partial charge in [-0.2, -0.15) is 0 Å². The minimum absolute atomic E-state index is 0.0214. The van der Waals surface area contributed by atoms with Crippen molar-refractivity contribution in [2.24, 2.45) is 0 Å². The summed E-state index contributed by atoms with van der Waals surface area (Å²) < 4.78 is 31.7. The second-order valence-corrected chi connectivity index (χ2v) is 7.07. The summed E-state index contributed by atoms with van der Waals surface area (Å²) >= 11 is 0. The molecule has 3 amide bonds. The average Bonchev–Trinajstić information content (AvgIpc) is 2.54. The molecule has 130 valence electrons. The van der Waals surface area contributed by atoms with E-state index in [9.17, 15) is 18.0 Å². The number of ether oxygens (including phenoxy) is 1. The van der Waals surface area contributed by atoms with Crippen molar-refractivity contribution in [2.45, 2.75) is 11.8 Å². The van der Waals surface area contributed by atoms with Crippen LogP contribution in [0.1, 0.15) is 5.56 Å². The Bertz CT molecular complexity index is 939. The first-order valence-electron chi connectivity index (χ1n) is 7.31. The molecule has 1 heterocycles. The molecular formula is C16H15N3O5S. The summed E-state index contributed by atoms with van der Waals surface area (Å²) in [6.07, 6.45) is 0. The highest BCUT2D eigenvalue weighted by Crippen LogP contribution is 2.35. The van der Waals surface area contributed by atoms with Crippen LogP contribution in [0.2, 0.25) is 0 Å². The zero-order chi connectivity index (χ0) is 18.0. The number of rotatable bonds is 3. The summed E-state index contributed by atoms with van der Waals surface area (Å²) in [5.41, 5.74) is 1.54. The quantitative estimate of drug-likeness (QED) is 0.772. The Balaban J connectivity index is 1.76. The van der Waals surface area contributed by atoms with Gasteiger partial charge in [0, 0.05) is 0 Å². The predicted molar refractivity (Wildman–Crippen MR) is 91.1 cm³/mol. The molecule has 8 nitrogen and oxygen atoms in total. The van der Waals surface area contributed by atoms with Gasteiger partial charge in [0.05, 0.1) is 16.3 Å². The van der Waals surface area contributed by atoms with Crippen molar-refractivity contribution in [1.29, 1.82) is 0 Å². The smallest absolute Gasteiger partial charge is 0.333 e. The number of fused-ring (bicyclic) bond motifs is 1. The molecule has 0 aromatic heterocycles. The Kier molecular flexibility index (Phi) is 4.32. The van der Waals surface area contributed by atoms with E-state index in [4.69, 9.17) is 4.74 Å². The molecule has 3 N–H and O–H groups in total. The van der Waals surface area contributed by atoms with Crippen molar-refractivity contribution in [3.63, 3.8) is 0 Å². The topological polar surface area (TPSA) is 114 Å². The van der Waals surface area contributed by atoms with Crippen LogP contribution >= 0.6 is 0 Å². The van der Waals surface area contributed by atoms with Gasteiger partial charge in [-0.3, -0.25) is 4.79 Å². The van der Waals surface area contributed by atoms with E-state index in [-0.39, 0.29) is 28.8 Å². The zero-order valence-corrected chi connectivity index (χ0v) is 14.0. The Labute approximate surface area is 144 Å². The molecule has 0 saturated heterocycles. The number of amides is 3. The standard InChI is InChI=1S/C16H15N3O5S/c1-10-5-7-11(8-6-10)25(22,23)19-16(21)18-13-4-2-3-12-15(13)24-9-14(20)17-12/h2-8H,9H2,1H3,(H,17,20)(H2,18,19,21). The van der Waals surface area contributed by atoms with Gasteiger partial charge in [-0.15, -0.1) is 0 Å². The minimum atomic E-state index is -4.00. The number of urea groups is 1. The minimum Gasteiger partial charge on any atom is -0.479 e. The van der Waals surface area contributed by atoms with Crippen LogP contribution in [0.3, 0.4) is 0 Å². The number of para-hydroxylation sites is 1. The van der Waals surface area contributed by atoms with Crippen LogP contribution in [0.5, 0.6) is 5.75 Å². The van der Waals surface area contributed by atoms with Gasteiger partial charge in [0.2, 0.25) is 0 Å². The first-order valence-corrected chi connectivity index (χ1v) is 8.79. The molecule has 0 unspecified atom stereocenters. The molecule has 2 aromatic rings. The maximum atomic E-state index is 12.2. The van der Waals surface area contributed by atoms with E-state index in [0.29, 0.717) is 5.69 Å². The van der Waals surface area contributed by atoms with E-state index in [1.165, 1.54) is 18.2 Å². The number of carbonyl (C=O) groups excluding carboxylic acids is 2. The lowest BCUT2D eigenvalue weighted by Gasteiger charge is -2.20. The first-order chi connectivity index (χ1) is 11.8. The van der Waals surface area contributed by atoms with E-state index in [0.717, 1.165) is 5.56 Å². The molecule has 1 aliphatic rings. The maximum absolute atomic E-state index is 12.2. The molecule has 0 bridgehead atoms. The molecule has 0 radical (unpaired) electrons. The Hall–Kier alpha value is -3.07. The lowest BCUT2D eigenvalue weighted by atomic mass is 10.2. The van der Waals surface area contributed by atoms with Crippen molar-refractivity contribution in [3.8, 4) is 5.75 Å². The average molecular weight is 361 g/mol.